The molecule has 5 heteroatoms. The number of para-hydroxylation sites is 1. The van der Waals surface area contributed by atoms with Crippen LogP contribution in [0.2, 0.25) is 0 Å². The van der Waals surface area contributed by atoms with Crippen LogP contribution in [0, 0.1) is 0 Å². The number of anilines is 1. The predicted octanol–water partition coefficient (Wildman–Crippen LogP) is 3.08. The van der Waals surface area contributed by atoms with Crippen LogP contribution in [0.1, 0.15) is 24.4 Å². The molecule has 2 aromatic carbocycles. The lowest BCUT2D eigenvalue weighted by atomic mass is 10.1. The van der Waals surface area contributed by atoms with Gasteiger partial charge in [-0.3, -0.25) is 9.69 Å². The van der Waals surface area contributed by atoms with Crippen molar-refractivity contribution in [1.82, 2.24) is 10.2 Å². The number of likely N-dealkylation sites (tertiary alicyclic amines) is 1. The van der Waals surface area contributed by atoms with Crippen LogP contribution >= 0.6 is 0 Å². The quantitative estimate of drug-likeness (QED) is 0.779. The zero-order chi connectivity index (χ0) is 19.1. The monoisotopic (exact) mass is 367 g/mol. The van der Waals surface area contributed by atoms with E-state index >= 15 is 0 Å². The maximum Gasteiger partial charge on any atom is 0.239 e. The molecule has 5 nitrogen and oxygen atoms in total. The van der Waals surface area contributed by atoms with E-state index in [4.69, 9.17) is 4.74 Å². The summed E-state index contributed by atoms with van der Waals surface area (Å²) in [4.78, 5) is 16.9. The molecule has 1 aliphatic rings. The number of carbonyl (C=O) groups is 1. The summed E-state index contributed by atoms with van der Waals surface area (Å²) in [5.74, 6) is 0.895. The van der Waals surface area contributed by atoms with Crippen LogP contribution in [0.5, 0.6) is 5.75 Å². The summed E-state index contributed by atoms with van der Waals surface area (Å²) in [5.41, 5.74) is 2.26. The van der Waals surface area contributed by atoms with E-state index in [2.05, 4.69) is 22.3 Å². The summed E-state index contributed by atoms with van der Waals surface area (Å²) in [6.45, 7) is 3.13. The Bertz CT molecular complexity index is 712. The third-order valence-corrected chi connectivity index (χ3v) is 5.15. The minimum Gasteiger partial charge on any atom is -0.497 e. The highest BCUT2D eigenvalue weighted by atomic mass is 16.5. The highest BCUT2D eigenvalue weighted by molar-refractivity contribution is 5.81. The van der Waals surface area contributed by atoms with Gasteiger partial charge in [-0.05, 0) is 55.8 Å². The van der Waals surface area contributed by atoms with Crippen molar-refractivity contribution < 1.29 is 9.53 Å². The van der Waals surface area contributed by atoms with E-state index in [0.29, 0.717) is 13.1 Å². The van der Waals surface area contributed by atoms with E-state index < -0.39 is 0 Å². The van der Waals surface area contributed by atoms with Gasteiger partial charge in [0.1, 0.15) is 5.75 Å². The number of methoxy groups -OCH3 is 1. The molecule has 1 aliphatic heterocycles. The lowest BCUT2D eigenvalue weighted by Gasteiger charge is -2.29. The molecule has 1 N–H and O–H groups in total. The Balaban J connectivity index is 1.61. The number of nitrogens with zero attached hydrogens (tertiary/aromatic N) is 2. The molecule has 1 fully saturated rings. The Hall–Kier alpha value is -2.53. The number of rotatable bonds is 8. The maximum absolute atomic E-state index is 12.5. The summed E-state index contributed by atoms with van der Waals surface area (Å²) in [6.07, 6.45) is 2.44. The molecule has 0 aromatic heterocycles. The minimum absolute atomic E-state index is 0.0408. The Labute approximate surface area is 161 Å². The van der Waals surface area contributed by atoms with Gasteiger partial charge in [0.15, 0.2) is 0 Å². The van der Waals surface area contributed by atoms with E-state index in [9.17, 15) is 4.79 Å². The standard InChI is InChI=1S/C22H29N3O2/c1-24(19-8-4-3-5-9-19)17-22(26)23-16-21(25-14-6-7-15-25)18-10-12-20(27-2)13-11-18/h3-5,8-13,21H,6-7,14-17H2,1-2H3,(H,23,26). The molecule has 2 aromatic rings. The predicted molar refractivity (Wildman–Crippen MR) is 109 cm³/mol. The molecule has 0 spiro atoms. The topological polar surface area (TPSA) is 44.8 Å². The fourth-order valence-corrected chi connectivity index (χ4v) is 3.59. The van der Waals surface area contributed by atoms with Crippen molar-refractivity contribution in [1.29, 1.82) is 0 Å². The van der Waals surface area contributed by atoms with E-state index in [-0.39, 0.29) is 11.9 Å². The number of hydrogen-bond donors (Lipinski definition) is 1. The van der Waals surface area contributed by atoms with Gasteiger partial charge in [0, 0.05) is 19.3 Å². The van der Waals surface area contributed by atoms with Gasteiger partial charge in [0.05, 0.1) is 19.7 Å². The minimum atomic E-state index is 0.0408. The second-order valence-corrected chi connectivity index (χ2v) is 7.03. The second-order valence-electron chi connectivity index (χ2n) is 7.03. The number of ether oxygens (including phenoxy) is 1. The van der Waals surface area contributed by atoms with Crippen molar-refractivity contribution >= 4 is 11.6 Å². The molecule has 0 radical (unpaired) electrons. The van der Waals surface area contributed by atoms with Crippen LogP contribution in [0.4, 0.5) is 5.69 Å². The summed E-state index contributed by atoms with van der Waals surface area (Å²) < 4.78 is 5.27. The summed E-state index contributed by atoms with van der Waals surface area (Å²) in [6, 6.07) is 18.3. The highest BCUT2D eigenvalue weighted by Crippen LogP contribution is 2.26. The highest BCUT2D eigenvalue weighted by Gasteiger charge is 2.24. The van der Waals surface area contributed by atoms with Gasteiger partial charge < -0.3 is 15.0 Å². The third kappa shape index (κ3) is 5.23. The van der Waals surface area contributed by atoms with Crippen LogP contribution in [-0.4, -0.2) is 51.1 Å². The van der Waals surface area contributed by atoms with E-state index in [1.165, 1.54) is 18.4 Å². The van der Waals surface area contributed by atoms with Crippen LogP contribution in [0.3, 0.4) is 0 Å². The van der Waals surface area contributed by atoms with Gasteiger partial charge >= 0.3 is 0 Å². The van der Waals surface area contributed by atoms with Crippen LogP contribution in [0.15, 0.2) is 54.6 Å². The van der Waals surface area contributed by atoms with Crippen molar-refractivity contribution in [2.45, 2.75) is 18.9 Å². The van der Waals surface area contributed by atoms with Crippen molar-refractivity contribution in [3.05, 3.63) is 60.2 Å². The number of hydrogen-bond acceptors (Lipinski definition) is 4. The first-order valence-corrected chi connectivity index (χ1v) is 9.58. The first-order chi connectivity index (χ1) is 13.2. The summed E-state index contributed by atoms with van der Waals surface area (Å²) >= 11 is 0. The average molecular weight is 367 g/mol. The molecule has 1 amide bonds. The molecule has 1 saturated heterocycles. The molecule has 27 heavy (non-hydrogen) atoms. The lowest BCUT2D eigenvalue weighted by molar-refractivity contribution is -0.120. The molecule has 0 saturated carbocycles. The normalized spacial score (nSPS) is 15.3. The first kappa shape index (κ1) is 19.2. The Morgan fingerprint density at radius 3 is 2.41 bits per heavy atom. The van der Waals surface area contributed by atoms with Gasteiger partial charge in [-0.25, -0.2) is 0 Å². The van der Waals surface area contributed by atoms with E-state index in [0.717, 1.165) is 24.5 Å². The molecule has 3 rings (SSSR count). The molecule has 144 valence electrons. The van der Waals surface area contributed by atoms with Crippen molar-refractivity contribution in [2.24, 2.45) is 0 Å². The van der Waals surface area contributed by atoms with Gasteiger partial charge in [0.2, 0.25) is 5.91 Å². The maximum atomic E-state index is 12.5. The fourth-order valence-electron chi connectivity index (χ4n) is 3.59. The largest absolute Gasteiger partial charge is 0.497 e. The number of benzene rings is 2. The van der Waals surface area contributed by atoms with Crippen molar-refractivity contribution in [3.63, 3.8) is 0 Å². The van der Waals surface area contributed by atoms with Crippen LogP contribution < -0.4 is 15.0 Å². The molecule has 0 bridgehead atoms. The second kappa shape index (κ2) is 9.42. The number of nitrogens with one attached hydrogen (secondary N) is 1. The molecule has 0 aliphatic carbocycles. The van der Waals surface area contributed by atoms with Crippen LogP contribution in [-0.2, 0) is 4.79 Å². The third-order valence-electron chi connectivity index (χ3n) is 5.15. The van der Waals surface area contributed by atoms with Gasteiger partial charge in [-0.2, -0.15) is 0 Å². The lowest BCUT2D eigenvalue weighted by Crippen LogP contribution is -2.40. The Kier molecular flexibility index (Phi) is 6.71. The molecule has 1 unspecified atom stereocenters. The van der Waals surface area contributed by atoms with Gasteiger partial charge in [-0.1, -0.05) is 30.3 Å². The smallest absolute Gasteiger partial charge is 0.239 e. The van der Waals surface area contributed by atoms with E-state index in [1.807, 2.05) is 54.4 Å². The molecule has 1 atom stereocenters. The fraction of sp³-hybridized carbons (Fsp3) is 0.409. The molecular weight excluding hydrogens is 338 g/mol. The Morgan fingerprint density at radius 2 is 1.78 bits per heavy atom. The van der Waals surface area contributed by atoms with Crippen molar-refractivity contribution in [2.75, 3.05) is 45.2 Å². The number of amides is 1. The van der Waals surface area contributed by atoms with Gasteiger partial charge in [0.25, 0.3) is 0 Å². The summed E-state index contributed by atoms with van der Waals surface area (Å²) in [5, 5.41) is 3.13. The Morgan fingerprint density at radius 1 is 1.11 bits per heavy atom. The average Bonchev–Trinajstić information content (AvgIpc) is 3.24. The van der Waals surface area contributed by atoms with E-state index in [1.54, 1.807) is 7.11 Å². The number of likely N-dealkylation sites (N-methyl/N-ethyl adjacent to an activating group) is 1. The SMILES string of the molecule is COc1ccc(C(CNC(=O)CN(C)c2ccccc2)N2CCCC2)cc1. The number of carbonyl (C=O) groups excluding carboxylic acids is 1. The molecule has 1 heterocycles. The first-order valence-electron chi connectivity index (χ1n) is 9.58. The molecular formula is C22H29N3O2. The van der Waals surface area contributed by atoms with Crippen LogP contribution in [0.25, 0.3) is 0 Å². The van der Waals surface area contributed by atoms with Gasteiger partial charge in [-0.15, -0.1) is 0 Å². The van der Waals surface area contributed by atoms with Crippen molar-refractivity contribution in [3.8, 4) is 5.75 Å². The zero-order valence-electron chi connectivity index (χ0n) is 16.2. The zero-order valence-corrected chi connectivity index (χ0v) is 16.2. The summed E-state index contributed by atoms with van der Waals surface area (Å²) in [7, 11) is 3.62.